The van der Waals surface area contributed by atoms with E-state index in [1.165, 1.54) is 0 Å². The summed E-state index contributed by atoms with van der Waals surface area (Å²) < 4.78 is 0. The lowest BCUT2D eigenvalue weighted by Gasteiger charge is -2.13. The van der Waals surface area contributed by atoms with Crippen LogP contribution in [0.3, 0.4) is 0 Å². The van der Waals surface area contributed by atoms with Crippen molar-refractivity contribution in [1.29, 1.82) is 0 Å². The smallest absolute Gasteiger partial charge is 0.148 e. The molecule has 0 bridgehead atoms. The third-order valence-electron chi connectivity index (χ3n) is 2.05. The van der Waals surface area contributed by atoms with Gasteiger partial charge < -0.3 is 10.4 Å². The molecule has 0 aromatic carbocycles. The van der Waals surface area contributed by atoms with E-state index in [2.05, 4.69) is 29.4 Å². The molecule has 0 aliphatic heterocycles. The highest BCUT2D eigenvalue weighted by Gasteiger charge is 2.06. The van der Waals surface area contributed by atoms with Crippen molar-refractivity contribution >= 4 is 5.82 Å². The molecule has 1 rings (SSSR count). The van der Waals surface area contributed by atoms with Crippen molar-refractivity contribution in [2.75, 3.05) is 11.9 Å². The molecule has 4 heteroatoms. The van der Waals surface area contributed by atoms with E-state index in [1.54, 1.807) is 6.20 Å². The predicted octanol–water partition coefficient (Wildman–Crippen LogP) is 1.60. The van der Waals surface area contributed by atoms with Gasteiger partial charge in [0.1, 0.15) is 5.82 Å². The van der Waals surface area contributed by atoms with E-state index in [4.69, 9.17) is 0 Å². The third kappa shape index (κ3) is 4.74. The van der Waals surface area contributed by atoms with Crippen LogP contribution in [-0.4, -0.2) is 28.0 Å². The largest absolute Gasteiger partial charge is 0.391 e. The first-order valence-electron chi connectivity index (χ1n) is 5.29. The van der Waals surface area contributed by atoms with Gasteiger partial charge >= 0.3 is 0 Å². The second kappa shape index (κ2) is 5.66. The van der Waals surface area contributed by atoms with E-state index in [1.807, 2.05) is 13.0 Å². The zero-order valence-electron chi connectivity index (χ0n) is 9.57. The van der Waals surface area contributed by atoms with Crippen LogP contribution < -0.4 is 5.32 Å². The molecule has 1 aromatic heterocycles. The minimum absolute atomic E-state index is 0.327. The van der Waals surface area contributed by atoms with Crippen LogP contribution in [0.15, 0.2) is 12.3 Å². The SMILES string of the molecule is Cc1cnnc(NCC(O)CC(C)C)c1. The first-order chi connectivity index (χ1) is 7.08. The van der Waals surface area contributed by atoms with E-state index in [0.29, 0.717) is 12.5 Å². The average Bonchev–Trinajstić information content (AvgIpc) is 2.14. The number of hydrogen-bond acceptors (Lipinski definition) is 4. The Hall–Kier alpha value is -1.16. The normalized spacial score (nSPS) is 12.9. The molecule has 0 fully saturated rings. The van der Waals surface area contributed by atoms with Crippen molar-refractivity contribution in [3.8, 4) is 0 Å². The van der Waals surface area contributed by atoms with Gasteiger partial charge in [-0.05, 0) is 30.9 Å². The number of aliphatic hydroxyl groups is 1. The second-order valence-corrected chi connectivity index (χ2v) is 4.28. The molecule has 1 unspecified atom stereocenters. The highest BCUT2D eigenvalue weighted by atomic mass is 16.3. The molecule has 84 valence electrons. The van der Waals surface area contributed by atoms with Gasteiger partial charge in [-0.2, -0.15) is 5.10 Å². The number of nitrogens with zero attached hydrogens (tertiary/aromatic N) is 2. The summed E-state index contributed by atoms with van der Waals surface area (Å²) in [5.74, 6) is 1.23. The second-order valence-electron chi connectivity index (χ2n) is 4.28. The molecule has 0 amide bonds. The van der Waals surface area contributed by atoms with Crippen LogP contribution >= 0.6 is 0 Å². The number of hydrogen-bond donors (Lipinski definition) is 2. The Morgan fingerprint density at radius 1 is 1.47 bits per heavy atom. The number of anilines is 1. The van der Waals surface area contributed by atoms with E-state index in [9.17, 15) is 5.11 Å². The third-order valence-corrected chi connectivity index (χ3v) is 2.05. The van der Waals surface area contributed by atoms with E-state index in [0.717, 1.165) is 17.8 Å². The van der Waals surface area contributed by atoms with Crippen molar-refractivity contribution in [3.63, 3.8) is 0 Å². The molecule has 2 N–H and O–H groups in total. The van der Waals surface area contributed by atoms with E-state index in [-0.39, 0.29) is 6.10 Å². The maximum Gasteiger partial charge on any atom is 0.148 e. The molecule has 1 aromatic rings. The summed E-state index contributed by atoms with van der Waals surface area (Å²) in [4.78, 5) is 0. The van der Waals surface area contributed by atoms with Crippen LogP contribution in [0.5, 0.6) is 0 Å². The average molecular weight is 209 g/mol. The van der Waals surface area contributed by atoms with Gasteiger partial charge in [0, 0.05) is 6.54 Å². The van der Waals surface area contributed by atoms with Crippen LogP contribution in [0.4, 0.5) is 5.82 Å². The minimum Gasteiger partial charge on any atom is -0.391 e. The lowest BCUT2D eigenvalue weighted by atomic mass is 10.1. The van der Waals surface area contributed by atoms with Gasteiger partial charge in [-0.3, -0.25) is 0 Å². The number of aromatic nitrogens is 2. The standard InChI is InChI=1S/C11H19N3O/c1-8(2)4-10(15)7-12-11-5-9(3)6-13-14-11/h5-6,8,10,15H,4,7H2,1-3H3,(H,12,14). The molecule has 0 saturated carbocycles. The highest BCUT2D eigenvalue weighted by Crippen LogP contribution is 2.07. The molecule has 0 aliphatic carbocycles. The van der Waals surface area contributed by atoms with Crippen molar-refractivity contribution in [2.24, 2.45) is 5.92 Å². The molecule has 0 saturated heterocycles. The Balaban J connectivity index is 2.36. The summed E-state index contributed by atoms with van der Waals surface area (Å²) in [5.41, 5.74) is 1.06. The van der Waals surface area contributed by atoms with Gasteiger partial charge in [-0.1, -0.05) is 13.8 Å². The van der Waals surface area contributed by atoms with E-state index < -0.39 is 0 Å². The van der Waals surface area contributed by atoms with Crippen molar-refractivity contribution in [2.45, 2.75) is 33.3 Å². The van der Waals surface area contributed by atoms with Crippen LogP contribution in [0.25, 0.3) is 0 Å². The van der Waals surface area contributed by atoms with Gasteiger partial charge in [-0.25, -0.2) is 0 Å². The van der Waals surface area contributed by atoms with Gasteiger partial charge in [0.15, 0.2) is 0 Å². The lowest BCUT2D eigenvalue weighted by Crippen LogP contribution is -2.21. The first kappa shape index (κ1) is 11.9. The fraction of sp³-hybridized carbons (Fsp3) is 0.636. The summed E-state index contributed by atoms with van der Waals surface area (Å²) in [6, 6.07) is 1.91. The monoisotopic (exact) mass is 209 g/mol. The molecule has 0 aliphatic rings. The lowest BCUT2D eigenvalue weighted by molar-refractivity contribution is 0.161. The Morgan fingerprint density at radius 2 is 2.20 bits per heavy atom. The summed E-state index contributed by atoms with van der Waals surface area (Å²) >= 11 is 0. The molecule has 15 heavy (non-hydrogen) atoms. The molecule has 0 radical (unpaired) electrons. The quantitative estimate of drug-likeness (QED) is 0.773. The zero-order valence-corrected chi connectivity index (χ0v) is 9.57. The van der Waals surface area contributed by atoms with Crippen LogP contribution in [0, 0.1) is 12.8 Å². The van der Waals surface area contributed by atoms with Gasteiger partial charge in [0.05, 0.1) is 12.3 Å². The van der Waals surface area contributed by atoms with Crippen LogP contribution in [0.1, 0.15) is 25.8 Å². The fourth-order valence-corrected chi connectivity index (χ4v) is 1.40. The molecular formula is C11H19N3O. The molecule has 0 spiro atoms. The number of aliphatic hydroxyl groups excluding tert-OH is 1. The summed E-state index contributed by atoms with van der Waals surface area (Å²) in [6.45, 7) is 6.67. The fourth-order valence-electron chi connectivity index (χ4n) is 1.40. The Kier molecular flexibility index (Phi) is 4.49. The molecular weight excluding hydrogens is 190 g/mol. The maximum absolute atomic E-state index is 9.64. The molecule has 1 atom stereocenters. The molecule has 4 nitrogen and oxygen atoms in total. The van der Waals surface area contributed by atoms with Gasteiger partial charge in [-0.15, -0.1) is 5.10 Å². The van der Waals surface area contributed by atoms with Gasteiger partial charge in [0.25, 0.3) is 0 Å². The Bertz CT molecular complexity index is 302. The molecule has 1 heterocycles. The minimum atomic E-state index is -0.327. The Morgan fingerprint density at radius 3 is 2.80 bits per heavy atom. The number of rotatable bonds is 5. The van der Waals surface area contributed by atoms with Crippen molar-refractivity contribution < 1.29 is 5.11 Å². The summed E-state index contributed by atoms with van der Waals surface area (Å²) in [7, 11) is 0. The number of nitrogens with one attached hydrogen (secondary N) is 1. The maximum atomic E-state index is 9.64. The summed E-state index contributed by atoms with van der Waals surface area (Å²) in [6.07, 6.45) is 2.18. The zero-order chi connectivity index (χ0) is 11.3. The predicted molar refractivity (Wildman–Crippen MR) is 60.7 cm³/mol. The van der Waals surface area contributed by atoms with Crippen molar-refractivity contribution in [1.82, 2.24) is 10.2 Å². The highest BCUT2D eigenvalue weighted by molar-refractivity contribution is 5.34. The Labute approximate surface area is 90.7 Å². The van der Waals surface area contributed by atoms with Crippen molar-refractivity contribution in [3.05, 3.63) is 17.8 Å². The summed E-state index contributed by atoms with van der Waals surface area (Å²) in [5, 5.41) is 20.5. The van der Waals surface area contributed by atoms with Gasteiger partial charge in [0.2, 0.25) is 0 Å². The van der Waals surface area contributed by atoms with Crippen LogP contribution in [0.2, 0.25) is 0 Å². The topological polar surface area (TPSA) is 58.0 Å². The number of aryl methyl sites for hydroxylation is 1. The van der Waals surface area contributed by atoms with Crippen LogP contribution in [-0.2, 0) is 0 Å². The first-order valence-corrected chi connectivity index (χ1v) is 5.29. The van der Waals surface area contributed by atoms with E-state index >= 15 is 0 Å².